The number of hydrogen-bond donors (Lipinski definition) is 0. The fraction of sp³-hybridized carbons (Fsp3) is 0.0500. The van der Waals surface area contributed by atoms with Gasteiger partial charge in [0.2, 0.25) is 0 Å². The maximum absolute atomic E-state index is 2.50. The molecule has 0 fully saturated rings. The average Bonchev–Trinajstić information content (AvgIpc) is 3.62. The highest BCUT2D eigenvalue weighted by atomic mass is 32.1. The second-order valence-corrected chi connectivity index (χ2v) is 12.4. The summed E-state index contributed by atoms with van der Waals surface area (Å²) in [4.78, 5) is 2.50. The molecule has 9 rings (SSSR count). The summed E-state index contributed by atoms with van der Waals surface area (Å²) < 4.78 is 5.18. The standard InChI is InChI=1S/C40H28N2S/c1-2-11-28(12-3-1)41(31-23-25-39-36(26-31)34-15-7-9-17-38(34)43-39)29-19-21-30(22-20-29)42-37-16-8-6-14-33(37)35-24-18-27-10-4-5-13-32(27)40(35)42/h1-22,24-26,31H,23H2. The number of aromatic nitrogens is 1. The van der Waals surface area contributed by atoms with E-state index < -0.39 is 0 Å². The molecule has 6 aromatic carbocycles. The van der Waals surface area contributed by atoms with Crippen molar-refractivity contribution in [2.45, 2.75) is 12.5 Å². The molecule has 1 aliphatic rings. The van der Waals surface area contributed by atoms with Crippen molar-refractivity contribution in [2.75, 3.05) is 4.90 Å². The largest absolute Gasteiger partial charge is 0.334 e. The highest BCUT2D eigenvalue weighted by molar-refractivity contribution is 7.17. The van der Waals surface area contributed by atoms with E-state index in [4.69, 9.17) is 0 Å². The third kappa shape index (κ3) is 3.86. The summed E-state index contributed by atoms with van der Waals surface area (Å²) in [6.07, 6.45) is 5.88. The monoisotopic (exact) mass is 568 g/mol. The Morgan fingerprint density at radius 3 is 2.14 bits per heavy atom. The van der Waals surface area contributed by atoms with Crippen LogP contribution in [0.25, 0.3) is 60.5 Å². The van der Waals surface area contributed by atoms with Crippen LogP contribution in [0.5, 0.6) is 0 Å². The van der Waals surface area contributed by atoms with Crippen LogP contribution in [0.15, 0.2) is 140 Å². The summed E-state index contributed by atoms with van der Waals surface area (Å²) >= 11 is 1.90. The lowest BCUT2D eigenvalue weighted by Gasteiger charge is -2.32. The third-order valence-electron chi connectivity index (χ3n) is 8.88. The van der Waals surface area contributed by atoms with Gasteiger partial charge in [-0.3, -0.25) is 0 Å². The van der Waals surface area contributed by atoms with E-state index in [1.807, 2.05) is 11.3 Å². The van der Waals surface area contributed by atoms with Crippen LogP contribution < -0.4 is 14.7 Å². The first-order chi connectivity index (χ1) is 21.3. The van der Waals surface area contributed by atoms with E-state index in [0.717, 1.165) is 6.42 Å². The maximum Gasteiger partial charge on any atom is 0.0619 e. The number of nitrogens with zero attached hydrogens (tertiary/aromatic N) is 2. The predicted octanol–water partition coefficient (Wildman–Crippen LogP) is 9.32. The summed E-state index contributed by atoms with van der Waals surface area (Å²) in [6, 6.07) is 51.0. The van der Waals surface area contributed by atoms with Gasteiger partial charge in [-0.2, -0.15) is 0 Å². The fourth-order valence-corrected chi connectivity index (χ4v) is 8.10. The van der Waals surface area contributed by atoms with Crippen LogP contribution in [0.1, 0.15) is 6.42 Å². The normalized spacial score (nSPS) is 14.6. The quantitative estimate of drug-likeness (QED) is 0.205. The number of para-hydroxylation sites is 2. The topological polar surface area (TPSA) is 8.17 Å². The van der Waals surface area contributed by atoms with Gasteiger partial charge in [-0.25, -0.2) is 0 Å². The number of hydrogen-bond acceptors (Lipinski definition) is 2. The molecule has 204 valence electrons. The Hall–Kier alpha value is -5.12. The molecule has 0 saturated heterocycles. The van der Waals surface area contributed by atoms with Crippen molar-refractivity contribution in [2.24, 2.45) is 0 Å². The molecular weight excluding hydrogens is 541 g/mol. The Kier molecular flexibility index (Phi) is 5.53. The minimum Gasteiger partial charge on any atom is -0.334 e. The Morgan fingerprint density at radius 2 is 1.28 bits per heavy atom. The molecule has 2 nitrogen and oxygen atoms in total. The van der Waals surface area contributed by atoms with Crippen molar-refractivity contribution < 1.29 is 0 Å². The van der Waals surface area contributed by atoms with Gasteiger partial charge in [-0.05, 0) is 65.6 Å². The smallest absolute Gasteiger partial charge is 0.0619 e. The molecule has 0 saturated carbocycles. The lowest BCUT2D eigenvalue weighted by atomic mass is 10.0. The second-order valence-electron chi connectivity index (χ2n) is 11.3. The minimum absolute atomic E-state index is 0.218. The molecular formula is C40H28N2S. The van der Waals surface area contributed by atoms with Crippen LogP contribution in [0, 0.1) is 0 Å². The van der Waals surface area contributed by atoms with Crippen molar-refractivity contribution >= 4 is 77.5 Å². The van der Waals surface area contributed by atoms with Gasteiger partial charge in [0, 0.05) is 47.8 Å². The molecule has 0 aliphatic heterocycles. The van der Waals surface area contributed by atoms with Gasteiger partial charge in [-0.15, -0.1) is 11.3 Å². The first-order valence-corrected chi connectivity index (χ1v) is 15.7. The molecule has 8 aromatic rings. The number of fused-ring (bicyclic) bond motifs is 8. The SMILES string of the molecule is C1=c2sc3ccccc3c2=CC(N(c2ccccc2)c2ccc(-n3c4ccccc4c4ccc5ccccc5c43)cc2)C1. The Labute approximate surface area is 253 Å². The van der Waals surface area contributed by atoms with Crippen molar-refractivity contribution in [3.8, 4) is 5.69 Å². The number of thiophene rings is 1. The summed E-state index contributed by atoms with van der Waals surface area (Å²) in [5.41, 5.74) is 6.06. The highest BCUT2D eigenvalue weighted by Gasteiger charge is 2.22. The van der Waals surface area contributed by atoms with Crippen molar-refractivity contribution in [1.82, 2.24) is 4.57 Å². The first-order valence-electron chi connectivity index (χ1n) is 14.9. The highest BCUT2D eigenvalue weighted by Crippen LogP contribution is 2.38. The number of anilines is 2. The van der Waals surface area contributed by atoms with Crippen LogP contribution in [-0.4, -0.2) is 10.6 Å². The van der Waals surface area contributed by atoms with E-state index in [9.17, 15) is 0 Å². The zero-order chi connectivity index (χ0) is 28.3. The first kappa shape index (κ1) is 24.5. The molecule has 0 N–H and O–H groups in total. The Morgan fingerprint density at radius 1 is 0.581 bits per heavy atom. The average molecular weight is 569 g/mol. The van der Waals surface area contributed by atoms with Gasteiger partial charge in [0.25, 0.3) is 0 Å². The lowest BCUT2D eigenvalue weighted by Crippen LogP contribution is -2.36. The predicted molar refractivity (Wildman–Crippen MR) is 185 cm³/mol. The van der Waals surface area contributed by atoms with E-state index in [-0.39, 0.29) is 6.04 Å². The molecule has 2 aromatic heterocycles. The zero-order valence-electron chi connectivity index (χ0n) is 23.5. The van der Waals surface area contributed by atoms with Crippen molar-refractivity contribution in [1.29, 1.82) is 0 Å². The van der Waals surface area contributed by atoms with Gasteiger partial charge in [0.1, 0.15) is 0 Å². The molecule has 2 heterocycles. The summed E-state index contributed by atoms with van der Waals surface area (Å²) in [5, 5.41) is 7.82. The van der Waals surface area contributed by atoms with Gasteiger partial charge in [0.05, 0.1) is 17.1 Å². The molecule has 0 spiro atoms. The Bertz CT molecular complexity index is 2430. The zero-order valence-corrected chi connectivity index (χ0v) is 24.3. The van der Waals surface area contributed by atoms with Gasteiger partial charge in [-0.1, -0.05) is 103 Å². The van der Waals surface area contributed by atoms with E-state index in [0.29, 0.717) is 0 Å². The van der Waals surface area contributed by atoms with Crippen molar-refractivity contribution in [3.05, 3.63) is 149 Å². The number of rotatable bonds is 4. The summed E-state index contributed by atoms with van der Waals surface area (Å²) in [6.45, 7) is 0. The molecule has 0 radical (unpaired) electrons. The van der Waals surface area contributed by atoms with Gasteiger partial charge < -0.3 is 9.47 Å². The molecule has 1 unspecified atom stereocenters. The van der Waals surface area contributed by atoms with Crippen LogP contribution >= 0.6 is 11.3 Å². The van der Waals surface area contributed by atoms with Crippen LogP contribution in [0.3, 0.4) is 0 Å². The molecule has 1 atom stereocenters. The van der Waals surface area contributed by atoms with E-state index in [2.05, 4.69) is 161 Å². The lowest BCUT2D eigenvalue weighted by molar-refractivity contribution is 0.840. The van der Waals surface area contributed by atoms with Gasteiger partial charge in [0.15, 0.2) is 0 Å². The van der Waals surface area contributed by atoms with Crippen LogP contribution in [-0.2, 0) is 0 Å². The molecule has 0 bridgehead atoms. The van der Waals surface area contributed by atoms with E-state index in [1.54, 1.807) is 0 Å². The number of benzene rings is 6. The molecule has 3 heteroatoms. The molecule has 0 amide bonds. The van der Waals surface area contributed by atoms with Crippen LogP contribution in [0.4, 0.5) is 11.4 Å². The summed E-state index contributed by atoms with van der Waals surface area (Å²) in [5.74, 6) is 0. The molecule has 43 heavy (non-hydrogen) atoms. The van der Waals surface area contributed by atoms with E-state index >= 15 is 0 Å². The fourth-order valence-electron chi connectivity index (χ4n) is 6.96. The molecule has 1 aliphatic carbocycles. The Balaban J connectivity index is 1.21. The second kappa shape index (κ2) is 9.72. The minimum atomic E-state index is 0.218. The maximum atomic E-state index is 2.50. The van der Waals surface area contributed by atoms with Crippen LogP contribution in [0.2, 0.25) is 0 Å². The van der Waals surface area contributed by atoms with Gasteiger partial charge >= 0.3 is 0 Å². The van der Waals surface area contributed by atoms with E-state index in [1.165, 1.54) is 69.5 Å². The third-order valence-corrected chi connectivity index (χ3v) is 10.1. The summed E-state index contributed by atoms with van der Waals surface area (Å²) in [7, 11) is 0. The van der Waals surface area contributed by atoms with Crippen molar-refractivity contribution in [3.63, 3.8) is 0 Å².